The summed E-state index contributed by atoms with van der Waals surface area (Å²) in [4.78, 5) is 6.74. The minimum absolute atomic E-state index is 0.0100. The van der Waals surface area contributed by atoms with E-state index in [1.54, 1.807) is 6.07 Å². The highest BCUT2D eigenvalue weighted by Gasteiger charge is 2.11. The monoisotopic (exact) mass is 233 g/mol. The number of nitrogen functional groups attached to an aromatic ring is 1. The number of aromatic nitrogens is 3. The molecule has 90 valence electrons. The summed E-state index contributed by atoms with van der Waals surface area (Å²) in [7, 11) is 0. The van der Waals surface area contributed by atoms with E-state index in [2.05, 4.69) is 28.8 Å². The Kier molecular flexibility index (Phi) is 2.95. The highest BCUT2D eigenvalue weighted by atomic mass is 16.5. The fourth-order valence-corrected chi connectivity index (χ4v) is 1.84. The van der Waals surface area contributed by atoms with Gasteiger partial charge in [-0.1, -0.05) is 0 Å². The van der Waals surface area contributed by atoms with Crippen LogP contribution in [0.1, 0.15) is 13.8 Å². The number of anilines is 2. The van der Waals surface area contributed by atoms with E-state index >= 15 is 0 Å². The van der Waals surface area contributed by atoms with Gasteiger partial charge in [0.1, 0.15) is 5.52 Å². The lowest BCUT2D eigenvalue weighted by molar-refractivity contribution is -0.641. The minimum Gasteiger partial charge on any atom is -0.594 e. The second kappa shape index (κ2) is 4.40. The van der Waals surface area contributed by atoms with Crippen LogP contribution in [0.5, 0.6) is 0 Å². The molecule has 2 N–H and O–H groups in total. The maximum absolute atomic E-state index is 11.5. The van der Waals surface area contributed by atoms with Crippen molar-refractivity contribution in [2.24, 2.45) is 0 Å². The molecule has 2 aromatic rings. The number of fused-ring (bicyclic) bond motifs is 1. The predicted molar refractivity (Wildman–Crippen MR) is 66.5 cm³/mol. The topological polar surface area (TPSA) is 82.0 Å². The summed E-state index contributed by atoms with van der Waals surface area (Å²) in [6, 6.07) is 5.47. The Labute approximate surface area is 99.3 Å². The summed E-state index contributed by atoms with van der Waals surface area (Å²) in [5.41, 5.74) is 7.48. The first kappa shape index (κ1) is 11.4. The summed E-state index contributed by atoms with van der Waals surface area (Å²) in [5, 5.41) is 15.0. The standard InChI is InChI=1S/C11H15N5O/c1-3-15(4-2)8-5-6-10-9(7-8)13-11(12)14-16(10)17/h5-7H,3-4H2,1-2H3,(H2,12,13,14). The smallest absolute Gasteiger partial charge is 0.288 e. The fourth-order valence-electron chi connectivity index (χ4n) is 1.84. The maximum Gasteiger partial charge on any atom is 0.288 e. The van der Waals surface area contributed by atoms with Crippen molar-refractivity contribution in [3.05, 3.63) is 23.4 Å². The van der Waals surface area contributed by atoms with Crippen molar-refractivity contribution in [2.45, 2.75) is 13.8 Å². The number of benzene rings is 1. The lowest BCUT2D eigenvalue weighted by Gasteiger charge is -2.20. The molecule has 6 heteroatoms. The third kappa shape index (κ3) is 2.06. The molecule has 0 unspecified atom stereocenters. The molecule has 0 aliphatic carbocycles. The van der Waals surface area contributed by atoms with Gasteiger partial charge in [0.2, 0.25) is 0 Å². The first-order valence-corrected chi connectivity index (χ1v) is 5.57. The minimum atomic E-state index is -0.0100. The van der Waals surface area contributed by atoms with Crippen molar-refractivity contribution in [3.8, 4) is 0 Å². The SMILES string of the molecule is CCN(CC)c1ccc2c(c1)nc(N)n[n+]2[O-]. The molecule has 0 atom stereocenters. The zero-order chi connectivity index (χ0) is 12.4. The van der Waals surface area contributed by atoms with Gasteiger partial charge in [0.25, 0.3) is 11.5 Å². The fraction of sp³-hybridized carbons (Fsp3) is 0.364. The molecule has 6 nitrogen and oxygen atoms in total. The van der Waals surface area contributed by atoms with E-state index in [1.165, 1.54) is 0 Å². The first-order valence-electron chi connectivity index (χ1n) is 5.57. The van der Waals surface area contributed by atoms with Crippen LogP contribution in [0.25, 0.3) is 11.0 Å². The summed E-state index contributed by atoms with van der Waals surface area (Å²) in [5.74, 6) is -0.0100. The molecule has 0 bridgehead atoms. The number of nitrogens with two attached hydrogens (primary N) is 1. The van der Waals surface area contributed by atoms with Crippen molar-refractivity contribution >= 4 is 22.7 Å². The third-order valence-electron chi connectivity index (χ3n) is 2.72. The second-order valence-corrected chi connectivity index (χ2v) is 3.69. The molecule has 0 radical (unpaired) electrons. The average Bonchev–Trinajstić information content (AvgIpc) is 2.30. The van der Waals surface area contributed by atoms with Crippen LogP contribution in [0, 0.1) is 5.21 Å². The van der Waals surface area contributed by atoms with Crippen LogP contribution in [0.2, 0.25) is 0 Å². The Balaban J connectivity index is 2.57. The van der Waals surface area contributed by atoms with Crippen molar-refractivity contribution in [1.82, 2.24) is 10.1 Å². The quantitative estimate of drug-likeness (QED) is 0.623. The van der Waals surface area contributed by atoms with E-state index in [1.807, 2.05) is 12.1 Å². The molecule has 0 aliphatic rings. The van der Waals surface area contributed by atoms with Gasteiger partial charge in [-0.05, 0) is 30.8 Å². The van der Waals surface area contributed by atoms with Crippen LogP contribution in [0.15, 0.2) is 18.2 Å². The van der Waals surface area contributed by atoms with Gasteiger partial charge in [-0.2, -0.15) is 0 Å². The van der Waals surface area contributed by atoms with Gasteiger partial charge < -0.3 is 15.8 Å². The van der Waals surface area contributed by atoms with Crippen molar-refractivity contribution in [3.63, 3.8) is 0 Å². The number of nitrogens with zero attached hydrogens (tertiary/aromatic N) is 4. The Hall–Kier alpha value is -2.11. The van der Waals surface area contributed by atoms with Gasteiger partial charge in [0.15, 0.2) is 0 Å². The van der Waals surface area contributed by atoms with Crippen molar-refractivity contribution < 1.29 is 4.85 Å². The van der Waals surface area contributed by atoms with E-state index < -0.39 is 0 Å². The average molecular weight is 233 g/mol. The molecular weight excluding hydrogens is 218 g/mol. The molecule has 1 aromatic carbocycles. The van der Waals surface area contributed by atoms with Gasteiger partial charge in [-0.3, -0.25) is 0 Å². The lowest BCUT2D eigenvalue weighted by atomic mass is 10.2. The zero-order valence-electron chi connectivity index (χ0n) is 9.92. The van der Waals surface area contributed by atoms with Crippen molar-refractivity contribution in [2.75, 3.05) is 23.7 Å². The highest BCUT2D eigenvalue weighted by Crippen LogP contribution is 2.18. The molecule has 0 amide bonds. The van der Waals surface area contributed by atoms with Gasteiger partial charge in [-0.25, -0.2) is 4.98 Å². The molecule has 17 heavy (non-hydrogen) atoms. The van der Waals surface area contributed by atoms with E-state index in [0.29, 0.717) is 15.9 Å². The van der Waals surface area contributed by atoms with Crippen molar-refractivity contribution in [1.29, 1.82) is 0 Å². The van der Waals surface area contributed by atoms with E-state index in [4.69, 9.17) is 5.73 Å². The van der Waals surface area contributed by atoms with Gasteiger partial charge in [-0.15, -0.1) is 0 Å². The molecule has 0 saturated carbocycles. The van der Waals surface area contributed by atoms with Gasteiger partial charge >= 0.3 is 0 Å². The summed E-state index contributed by atoms with van der Waals surface area (Å²) < 4.78 is 0. The second-order valence-electron chi connectivity index (χ2n) is 3.69. The van der Waals surface area contributed by atoms with E-state index in [-0.39, 0.29) is 5.95 Å². The van der Waals surface area contributed by atoms with Crippen LogP contribution < -0.4 is 15.5 Å². The van der Waals surface area contributed by atoms with Crippen LogP contribution >= 0.6 is 0 Å². The molecular formula is C11H15N5O. The maximum atomic E-state index is 11.5. The molecule has 0 saturated heterocycles. The number of hydrogen-bond donors (Lipinski definition) is 1. The predicted octanol–water partition coefficient (Wildman–Crippen LogP) is 0.692. The molecule has 1 heterocycles. The molecule has 0 spiro atoms. The van der Waals surface area contributed by atoms with Crippen LogP contribution in [0.3, 0.4) is 0 Å². The molecule has 0 aliphatic heterocycles. The molecule has 2 rings (SSSR count). The molecule has 1 aromatic heterocycles. The van der Waals surface area contributed by atoms with E-state index in [9.17, 15) is 5.21 Å². The number of hydrogen-bond acceptors (Lipinski definition) is 5. The Morgan fingerprint density at radius 1 is 1.35 bits per heavy atom. The zero-order valence-corrected chi connectivity index (χ0v) is 9.92. The summed E-state index contributed by atoms with van der Waals surface area (Å²) >= 11 is 0. The van der Waals surface area contributed by atoms with Gasteiger partial charge in [0, 0.05) is 24.8 Å². The Morgan fingerprint density at radius 3 is 2.71 bits per heavy atom. The lowest BCUT2D eigenvalue weighted by Crippen LogP contribution is -2.33. The highest BCUT2D eigenvalue weighted by molar-refractivity contribution is 5.76. The first-order chi connectivity index (χ1) is 8.15. The van der Waals surface area contributed by atoms with Crippen LogP contribution in [-0.4, -0.2) is 23.2 Å². The van der Waals surface area contributed by atoms with Crippen LogP contribution in [0.4, 0.5) is 11.6 Å². The number of rotatable bonds is 3. The Bertz CT molecular complexity index is 539. The normalized spacial score (nSPS) is 10.7. The summed E-state index contributed by atoms with van der Waals surface area (Å²) in [6.07, 6.45) is 0. The molecule has 0 fully saturated rings. The third-order valence-corrected chi connectivity index (χ3v) is 2.72. The summed E-state index contributed by atoms with van der Waals surface area (Å²) in [6.45, 7) is 5.96. The largest absolute Gasteiger partial charge is 0.594 e. The van der Waals surface area contributed by atoms with E-state index in [0.717, 1.165) is 18.8 Å². The van der Waals surface area contributed by atoms with Gasteiger partial charge in [0.05, 0.1) is 5.10 Å². The van der Waals surface area contributed by atoms with Crippen LogP contribution in [-0.2, 0) is 0 Å². The Morgan fingerprint density at radius 2 is 2.06 bits per heavy atom.